The van der Waals surface area contributed by atoms with E-state index in [1.807, 2.05) is 31.2 Å². The van der Waals surface area contributed by atoms with Gasteiger partial charge in [-0.05, 0) is 93.2 Å². The summed E-state index contributed by atoms with van der Waals surface area (Å²) >= 11 is 0. The fraction of sp³-hybridized carbons (Fsp3) is 0.0500. The van der Waals surface area contributed by atoms with Crippen LogP contribution in [-0.2, 0) is 4.74 Å². The highest BCUT2D eigenvalue weighted by atomic mass is 16.6. The number of carbonyl (C=O) groups is 2. The van der Waals surface area contributed by atoms with E-state index in [0.29, 0.717) is 23.1 Å². The van der Waals surface area contributed by atoms with Crippen molar-refractivity contribution in [2.75, 3.05) is 11.5 Å². The lowest BCUT2D eigenvalue weighted by Crippen LogP contribution is -2.19. The molecule has 9 rings (SSSR count). The third-order valence-corrected chi connectivity index (χ3v) is 9.04. The average molecular weight is 584 g/mol. The Bertz CT molecular complexity index is 2440. The van der Waals surface area contributed by atoms with E-state index in [4.69, 9.17) is 9.47 Å². The van der Waals surface area contributed by atoms with Crippen molar-refractivity contribution in [3.8, 4) is 5.75 Å². The van der Waals surface area contributed by atoms with Crippen LogP contribution in [0.4, 0.5) is 17.1 Å². The van der Waals surface area contributed by atoms with E-state index in [0.717, 1.165) is 71.3 Å². The number of esters is 2. The van der Waals surface area contributed by atoms with Gasteiger partial charge in [-0.25, -0.2) is 9.59 Å². The van der Waals surface area contributed by atoms with E-state index in [2.05, 4.69) is 89.8 Å². The number of fused-ring (bicyclic) bond motifs is 3. The molecule has 0 radical (unpaired) electrons. The predicted molar refractivity (Wildman–Crippen MR) is 181 cm³/mol. The zero-order valence-electron chi connectivity index (χ0n) is 24.3. The quantitative estimate of drug-likeness (QED) is 0.0873. The molecule has 45 heavy (non-hydrogen) atoms. The maximum atomic E-state index is 12.7. The molecule has 214 valence electrons. The molecule has 1 aliphatic rings. The first-order valence-corrected chi connectivity index (χ1v) is 15.1. The number of rotatable bonds is 5. The highest BCUT2D eigenvalue weighted by molar-refractivity contribution is 6.38. The molecule has 1 aliphatic heterocycles. The summed E-state index contributed by atoms with van der Waals surface area (Å²) in [4.78, 5) is 27.8. The fourth-order valence-corrected chi connectivity index (χ4v) is 7.18. The number of ether oxygens (including phenoxy) is 2. The van der Waals surface area contributed by atoms with Gasteiger partial charge in [-0.15, -0.1) is 0 Å². The minimum Gasteiger partial charge on any atom is -0.494 e. The minimum atomic E-state index is -0.600. The van der Waals surface area contributed by atoms with Crippen molar-refractivity contribution in [1.29, 1.82) is 0 Å². The Balaban J connectivity index is 1.38. The second-order valence-electron chi connectivity index (χ2n) is 11.4. The molecule has 1 heterocycles. The Morgan fingerprint density at radius 3 is 1.87 bits per heavy atom. The highest BCUT2D eigenvalue weighted by Crippen LogP contribution is 2.48. The molecule has 5 nitrogen and oxygen atoms in total. The summed E-state index contributed by atoms with van der Waals surface area (Å²) in [5.41, 5.74) is 3.99. The van der Waals surface area contributed by atoms with Gasteiger partial charge in [0, 0.05) is 21.8 Å². The maximum absolute atomic E-state index is 12.7. The number of hydrogen-bond acceptors (Lipinski definition) is 5. The van der Waals surface area contributed by atoms with Crippen LogP contribution in [0, 0.1) is 0 Å². The second-order valence-corrected chi connectivity index (χ2v) is 11.4. The molecule has 0 atom stereocenters. The first-order valence-electron chi connectivity index (χ1n) is 15.1. The van der Waals surface area contributed by atoms with Gasteiger partial charge in [0.05, 0.1) is 29.1 Å². The SMILES string of the molecule is CCOc1ccc(N(c2cccc3ccccc23)c2ccc3c4ccc5c6c(ccc(c7cccc2c73)c64)C(=O)OC5=O)cc1. The first-order chi connectivity index (χ1) is 22.1. The molecular formula is C40H25NO4. The third-order valence-electron chi connectivity index (χ3n) is 9.04. The monoisotopic (exact) mass is 583 g/mol. The van der Waals surface area contributed by atoms with Gasteiger partial charge >= 0.3 is 11.9 Å². The summed E-state index contributed by atoms with van der Waals surface area (Å²) in [6, 6.07) is 41.4. The summed E-state index contributed by atoms with van der Waals surface area (Å²) in [6.45, 7) is 2.59. The van der Waals surface area contributed by atoms with Crippen molar-refractivity contribution >= 4 is 82.9 Å². The Kier molecular flexibility index (Phi) is 5.41. The van der Waals surface area contributed by atoms with Gasteiger partial charge in [0.2, 0.25) is 0 Å². The largest absolute Gasteiger partial charge is 0.494 e. The normalized spacial score (nSPS) is 12.9. The molecular weight excluding hydrogens is 558 g/mol. The van der Waals surface area contributed by atoms with E-state index >= 15 is 0 Å². The average Bonchev–Trinajstić information content (AvgIpc) is 3.07. The Labute approximate surface area is 258 Å². The van der Waals surface area contributed by atoms with E-state index in [9.17, 15) is 9.59 Å². The lowest BCUT2D eigenvalue weighted by molar-refractivity contribution is 0.0391. The molecule has 0 bridgehead atoms. The summed E-state index contributed by atoms with van der Waals surface area (Å²) in [5, 5.41) is 10.3. The standard InChI is InChI=1S/C40H25NO4/c1-2-44-25-15-13-24(14-16-25)41(34-12-5-8-23-7-3-4-9-26(23)34)35-22-21-28-30-18-20-33-38-32(39(42)45-40(33)43)19-17-29(37(30)38)27-10-6-11-31(35)36(27)28/h3-22H,2H2,1H3. The number of carbonyl (C=O) groups excluding carboxylic acids is 2. The van der Waals surface area contributed by atoms with Gasteiger partial charge < -0.3 is 14.4 Å². The van der Waals surface area contributed by atoms with Crippen molar-refractivity contribution in [3.05, 3.63) is 132 Å². The molecule has 0 unspecified atom stereocenters. The Hall–Kier alpha value is -5.94. The smallest absolute Gasteiger partial charge is 0.346 e. The predicted octanol–water partition coefficient (Wildman–Crippen LogP) is 10.1. The van der Waals surface area contributed by atoms with Crippen molar-refractivity contribution in [3.63, 3.8) is 0 Å². The lowest BCUT2D eigenvalue weighted by atomic mass is 9.85. The van der Waals surface area contributed by atoms with E-state index < -0.39 is 11.9 Å². The zero-order valence-corrected chi connectivity index (χ0v) is 24.3. The van der Waals surface area contributed by atoms with Gasteiger partial charge in [0.25, 0.3) is 0 Å². The lowest BCUT2D eigenvalue weighted by Gasteiger charge is -2.29. The van der Waals surface area contributed by atoms with Crippen LogP contribution in [0.25, 0.3) is 53.9 Å². The van der Waals surface area contributed by atoms with Crippen molar-refractivity contribution in [2.45, 2.75) is 6.92 Å². The van der Waals surface area contributed by atoms with Crippen LogP contribution < -0.4 is 9.64 Å². The molecule has 8 aromatic rings. The topological polar surface area (TPSA) is 55.8 Å². The molecule has 0 aliphatic carbocycles. The molecule has 0 aromatic heterocycles. The Morgan fingerprint density at radius 2 is 1.11 bits per heavy atom. The molecule has 0 spiro atoms. The van der Waals surface area contributed by atoms with Crippen molar-refractivity contribution in [2.24, 2.45) is 0 Å². The number of anilines is 3. The fourth-order valence-electron chi connectivity index (χ4n) is 7.18. The highest BCUT2D eigenvalue weighted by Gasteiger charge is 2.30. The third kappa shape index (κ3) is 3.61. The van der Waals surface area contributed by atoms with Crippen LogP contribution in [0.3, 0.4) is 0 Å². The zero-order chi connectivity index (χ0) is 30.2. The molecule has 8 aromatic carbocycles. The van der Waals surface area contributed by atoms with Crippen molar-refractivity contribution < 1.29 is 19.1 Å². The van der Waals surface area contributed by atoms with E-state index in [1.54, 1.807) is 12.1 Å². The molecule has 0 amide bonds. The number of cyclic esters (lactones) is 2. The van der Waals surface area contributed by atoms with Crippen LogP contribution in [0.5, 0.6) is 5.75 Å². The number of benzene rings is 8. The molecule has 0 N–H and O–H groups in total. The maximum Gasteiger partial charge on any atom is 0.346 e. The minimum absolute atomic E-state index is 0.426. The Morgan fingerprint density at radius 1 is 0.533 bits per heavy atom. The number of hydrogen-bond donors (Lipinski definition) is 0. The second kappa shape index (κ2) is 9.53. The van der Waals surface area contributed by atoms with Gasteiger partial charge in [0.1, 0.15) is 5.75 Å². The van der Waals surface area contributed by atoms with Crippen LogP contribution in [-0.4, -0.2) is 18.5 Å². The molecule has 0 saturated heterocycles. The summed E-state index contributed by atoms with van der Waals surface area (Å²) in [6.07, 6.45) is 0. The van der Waals surface area contributed by atoms with Crippen LogP contribution in [0.2, 0.25) is 0 Å². The van der Waals surface area contributed by atoms with Gasteiger partial charge in [-0.1, -0.05) is 72.8 Å². The van der Waals surface area contributed by atoms with Gasteiger partial charge in [-0.2, -0.15) is 0 Å². The summed E-state index contributed by atoms with van der Waals surface area (Å²) < 4.78 is 10.8. The van der Waals surface area contributed by atoms with Gasteiger partial charge in [-0.3, -0.25) is 0 Å². The number of nitrogens with zero attached hydrogens (tertiary/aromatic N) is 1. The van der Waals surface area contributed by atoms with Crippen LogP contribution in [0.1, 0.15) is 27.6 Å². The van der Waals surface area contributed by atoms with Crippen LogP contribution in [0.15, 0.2) is 121 Å². The van der Waals surface area contributed by atoms with E-state index in [1.165, 1.54) is 0 Å². The summed E-state index contributed by atoms with van der Waals surface area (Å²) in [7, 11) is 0. The molecule has 0 fully saturated rings. The van der Waals surface area contributed by atoms with E-state index in [-0.39, 0.29) is 0 Å². The van der Waals surface area contributed by atoms with Gasteiger partial charge in [0.15, 0.2) is 0 Å². The molecule has 5 heteroatoms. The molecule has 0 saturated carbocycles. The first kappa shape index (κ1) is 25.5. The summed E-state index contributed by atoms with van der Waals surface area (Å²) in [5.74, 6) is -0.372. The van der Waals surface area contributed by atoms with Crippen molar-refractivity contribution in [1.82, 2.24) is 0 Å². The van der Waals surface area contributed by atoms with Crippen LogP contribution >= 0.6 is 0 Å².